The van der Waals surface area contributed by atoms with Crippen molar-refractivity contribution in [2.24, 2.45) is 0 Å². The van der Waals surface area contributed by atoms with Gasteiger partial charge in [-0.2, -0.15) is 0 Å². The normalized spacial score (nSPS) is 12.7. The molecule has 2 atom stereocenters. The zero-order chi connectivity index (χ0) is 18.9. The number of halogens is 1. The van der Waals surface area contributed by atoms with Crippen LogP contribution in [0.15, 0.2) is 54.6 Å². The minimum atomic E-state index is -0.964. The van der Waals surface area contributed by atoms with Gasteiger partial charge in [0.25, 0.3) is 5.91 Å². The molecule has 0 heterocycles. The third-order valence-corrected chi connectivity index (χ3v) is 3.91. The van der Waals surface area contributed by atoms with Crippen molar-refractivity contribution >= 4 is 11.8 Å². The molecule has 0 aliphatic carbocycles. The molecule has 26 heavy (non-hydrogen) atoms. The van der Waals surface area contributed by atoms with E-state index in [1.165, 1.54) is 25.1 Å². The van der Waals surface area contributed by atoms with Crippen LogP contribution in [0.1, 0.15) is 38.2 Å². The van der Waals surface area contributed by atoms with Crippen LogP contribution in [-0.2, 0) is 9.59 Å². The summed E-state index contributed by atoms with van der Waals surface area (Å²) in [7, 11) is 0. The number of rotatable bonds is 7. The van der Waals surface area contributed by atoms with E-state index >= 15 is 0 Å². The van der Waals surface area contributed by atoms with Crippen LogP contribution >= 0.6 is 0 Å². The van der Waals surface area contributed by atoms with E-state index < -0.39 is 17.8 Å². The summed E-state index contributed by atoms with van der Waals surface area (Å²) in [5, 5.41) is 0. The highest BCUT2D eigenvalue weighted by Gasteiger charge is 2.22. The van der Waals surface area contributed by atoms with Crippen LogP contribution in [-0.4, -0.2) is 17.9 Å². The first-order chi connectivity index (χ1) is 12.5. The maximum Gasteiger partial charge on any atom is 0.279 e. The third-order valence-electron chi connectivity index (χ3n) is 3.91. The molecule has 5 nitrogen and oxygen atoms in total. The molecule has 0 saturated carbocycles. The van der Waals surface area contributed by atoms with E-state index in [0.29, 0.717) is 6.42 Å². The summed E-state index contributed by atoms with van der Waals surface area (Å²) in [6.45, 7) is 3.47. The molecule has 2 amide bonds. The number of ether oxygens (including phenoxy) is 1. The van der Waals surface area contributed by atoms with Crippen LogP contribution in [0.5, 0.6) is 5.75 Å². The van der Waals surface area contributed by atoms with Crippen molar-refractivity contribution in [2.45, 2.75) is 38.7 Å². The van der Waals surface area contributed by atoms with E-state index in [-0.39, 0.29) is 17.6 Å². The Morgan fingerprint density at radius 2 is 1.62 bits per heavy atom. The molecule has 0 spiro atoms. The van der Waals surface area contributed by atoms with Crippen LogP contribution < -0.4 is 15.6 Å². The molecular weight excluding hydrogens is 335 g/mol. The van der Waals surface area contributed by atoms with Gasteiger partial charge in [0.1, 0.15) is 0 Å². The summed E-state index contributed by atoms with van der Waals surface area (Å²) in [6, 6.07) is 15.2. The molecule has 2 aromatic rings. The van der Waals surface area contributed by atoms with Gasteiger partial charge in [0.2, 0.25) is 5.91 Å². The Balaban J connectivity index is 1.92. The summed E-state index contributed by atoms with van der Waals surface area (Å²) >= 11 is 0. The van der Waals surface area contributed by atoms with Crippen molar-refractivity contribution in [2.75, 3.05) is 0 Å². The van der Waals surface area contributed by atoms with Gasteiger partial charge in [-0.15, -0.1) is 0 Å². The molecule has 0 aliphatic heterocycles. The lowest BCUT2D eigenvalue weighted by atomic mass is 9.94. The zero-order valence-electron chi connectivity index (χ0n) is 14.9. The first-order valence-electron chi connectivity index (χ1n) is 8.58. The lowest BCUT2D eigenvalue weighted by molar-refractivity contribution is -0.133. The summed E-state index contributed by atoms with van der Waals surface area (Å²) < 4.78 is 18.9. The minimum absolute atomic E-state index is 0.0189. The molecule has 0 aromatic heterocycles. The topological polar surface area (TPSA) is 67.4 Å². The summed E-state index contributed by atoms with van der Waals surface area (Å²) in [5.41, 5.74) is 5.67. The van der Waals surface area contributed by atoms with Gasteiger partial charge < -0.3 is 4.74 Å². The highest BCUT2D eigenvalue weighted by Crippen LogP contribution is 2.21. The number of amides is 2. The smallest absolute Gasteiger partial charge is 0.279 e. The number of carbonyl (C=O) groups excluding carboxylic acids is 2. The summed E-state index contributed by atoms with van der Waals surface area (Å²) in [4.78, 5) is 24.6. The molecule has 0 saturated heterocycles. The second-order valence-electron chi connectivity index (χ2n) is 5.92. The van der Waals surface area contributed by atoms with E-state index in [1.54, 1.807) is 6.07 Å². The Kier molecular flexibility index (Phi) is 7.14. The van der Waals surface area contributed by atoms with Crippen molar-refractivity contribution in [1.82, 2.24) is 10.9 Å². The predicted octanol–water partition coefficient (Wildman–Crippen LogP) is 3.32. The first-order valence-corrected chi connectivity index (χ1v) is 8.58. The summed E-state index contributed by atoms with van der Waals surface area (Å²) in [6.07, 6.45) is 0.523. The fourth-order valence-electron chi connectivity index (χ4n) is 2.52. The number of hydrogen-bond acceptors (Lipinski definition) is 3. The molecule has 138 valence electrons. The minimum Gasteiger partial charge on any atom is -0.478 e. The largest absolute Gasteiger partial charge is 0.478 e. The molecule has 0 fully saturated rings. The predicted molar refractivity (Wildman–Crippen MR) is 96.9 cm³/mol. The fraction of sp³-hybridized carbons (Fsp3) is 0.300. The Hall–Kier alpha value is -2.89. The molecule has 0 unspecified atom stereocenters. The molecular formula is C20H23FN2O3. The maximum absolute atomic E-state index is 13.6. The number of hydrazine groups is 1. The van der Waals surface area contributed by atoms with Gasteiger partial charge in [-0.3, -0.25) is 20.4 Å². The van der Waals surface area contributed by atoms with Crippen molar-refractivity contribution < 1.29 is 18.7 Å². The Bertz CT molecular complexity index is 737. The van der Waals surface area contributed by atoms with Crippen LogP contribution in [0.4, 0.5) is 4.39 Å². The molecule has 2 rings (SSSR count). The lowest BCUT2D eigenvalue weighted by Crippen LogP contribution is -2.48. The van der Waals surface area contributed by atoms with E-state index in [1.807, 2.05) is 37.3 Å². The van der Waals surface area contributed by atoms with E-state index in [4.69, 9.17) is 4.74 Å². The Labute approximate surface area is 152 Å². The van der Waals surface area contributed by atoms with Crippen LogP contribution in [0.3, 0.4) is 0 Å². The van der Waals surface area contributed by atoms with Gasteiger partial charge in [0, 0.05) is 0 Å². The molecule has 0 radical (unpaired) electrons. The molecule has 2 N–H and O–H groups in total. The van der Waals surface area contributed by atoms with Crippen molar-refractivity contribution in [3.05, 3.63) is 66.0 Å². The van der Waals surface area contributed by atoms with Crippen LogP contribution in [0, 0.1) is 5.82 Å². The zero-order valence-corrected chi connectivity index (χ0v) is 14.9. The van der Waals surface area contributed by atoms with Gasteiger partial charge in [-0.1, -0.05) is 55.8 Å². The molecule has 0 aliphatic rings. The van der Waals surface area contributed by atoms with Crippen LogP contribution in [0.25, 0.3) is 0 Å². The van der Waals surface area contributed by atoms with Crippen LogP contribution in [0.2, 0.25) is 0 Å². The highest BCUT2D eigenvalue weighted by atomic mass is 19.1. The number of benzene rings is 2. The molecule has 0 bridgehead atoms. The fourth-order valence-corrected chi connectivity index (χ4v) is 2.52. The van der Waals surface area contributed by atoms with E-state index in [2.05, 4.69) is 10.9 Å². The van der Waals surface area contributed by atoms with E-state index in [0.717, 1.165) is 12.0 Å². The standard InChI is InChI=1S/C20H23FN2O3/c1-3-9-16(15-10-5-4-6-11-15)20(25)23-22-19(24)14(2)26-18-13-8-7-12-17(18)21/h4-8,10-14,16H,3,9H2,1-2H3,(H,22,24)(H,23,25)/t14-,16-/m0/s1. The third kappa shape index (κ3) is 5.31. The second-order valence-corrected chi connectivity index (χ2v) is 5.92. The van der Waals surface area contributed by atoms with Crippen molar-refractivity contribution in [3.8, 4) is 5.75 Å². The number of para-hydroxylation sites is 1. The van der Waals surface area contributed by atoms with Gasteiger partial charge in [-0.25, -0.2) is 4.39 Å². The quantitative estimate of drug-likeness (QED) is 0.746. The Morgan fingerprint density at radius 3 is 2.27 bits per heavy atom. The summed E-state index contributed by atoms with van der Waals surface area (Å²) in [5.74, 6) is -1.79. The highest BCUT2D eigenvalue weighted by molar-refractivity contribution is 5.87. The number of hydrogen-bond donors (Lipinski definition) is 2. The lowest BCUT2D eigenvalue weighted by Gasteiger charge is -2.19. The number of carbonyl (C=O) groups is 2. The Morgan fingerprint density at radius 1 is 1.00 bits per heavy atom. The average molecular weight is 358 g/mol. The monoisotopic (exact) mass is 358 g/mol. The van der Waals surface area contributed by atoms with Gasteiger partial charge in [0.15, 0.2) is 17.7 Å². The SMILES string of the molecule is CCC[C@H](C(=O)NNC(=O)[C@H](C)Oc1ccccc1F)c1ccccc1. The number of nitrogens with one attached hydrogen (secondary N) is 2. The van der Waals surface area contributed by atoms with Crippen molar-refractivity contribution in [3.63, 3.8) is 0 Å². The van der Waals surface area contributed by atoms with Gasteiger partial charge in [-0.05, 0) is 31.0 Å². The van der Waals surface area contributed by atoms with Gasteiger partial charge >= 0.3 is 0 Å². The van der Waals surface area contributed by atoms with E-state index in [9.17, 15) is 14.0 Å². The average Bonchev–Trinajstić information content (AvgIpc) is 2.66. The maximum atomic E-state index is 13.6. The first kappa shape index (κ1) is 19.4. The molecule has 2 aromatic carbocycles. The second kappa shape index (κ2) is 9.56. The molecule has 6 heteroatoms. The van der Waals surface area contributed by atoms with Gasteiger partial charge in [0.05, 0.1) is 5.92 Å². The van der Waals surface area contributed by atoms with Crippen molar-refractivity contribution in [1.29, 1.82) is 0 Å².